The Morgan fingerprint density at radius 3 is 2.50 bits per heavy atom. The molecule has 0 bridgehead atoms. The van der Waals surface area contributed by atoms with Crippen LogP contribution in [0.5, 0.6) is 0 Å². The van der Waals surface area contributed by atoms with Crippen LogP contribution in [0.1, 0.15) is 23.2 Å². The molecule has 1 fully saturated rings. The van der Waals surface area contributed by atoms with E-state index in [0.717, 1.165) is 12.8 Å². The van der Waals surface area contributed by atoms with E-state index in [4.69, 9.17) is 16.3 Å². The van der Waals surface area contributed by atoms with Crippen LogP contribution in [0.15, 0.2) is 24.3 Å². The number of hydrogen-bond donors (Lipinski definition) is 0. The summed E-state index contributed by atoms with van der Waals surface area (Å²) in [4.78, 5) is 22.2. The number of carbonyl (C=O) groups excluding carboxylic acids is 2. The van der Waals surface area contributed by atoms with E-state index in [2.05, 4.69) is 0 Å². The van der Waals surface area contributed by atoms with E-state index >= 15 is 0 Å². The lowest BCUT2D eigenvalue weighted by molar-refractivity contribution is -0.139. The Morgan fingerprint density at radius 1 is 1.31 bits per heavy atom. The molecule has 2 rings (SSSR count). The summed E-state index contributed by atoms with van der Waals surface area (Å²) in [7, 11) is 0. The third-order valence-electron chi connectivity index (χ3n) is 2.91. The first-order valence-electron chi connectivity index (χ1n) is 5.11. The number of benzene rings is 1. The average Bonchev–Trinajstić information content (AvgIpc) is 2.25. The predicted molar refractivity (Wildman–Crippen MR) is 59.4 cm³/mol. The minimum absolute atomic E-state index is 0.0229. The highest BCUT2D eigenvalue weighted by atomic mass is 35.5. The van der Waals surface area contributed by atoms with Crippen molar-refractivity contribution in [3.63, 3.8) is 0 Å². The number of ether oxygens (including phenoxy) is 1. The number of ketones is 1. The summed E-state index contributed by atoms with van der Waals surface area (Å²) >= 11 is 5.74. The molecule has 2 unspecified atom stereocenters. The molecule has 0 saturated heterocycles. The van der Waals surface area contributed by atoms with Crippen molar-refractivity contribution in [3.8, 4) is 0 Å². The highest BCUT2D eigenvalue weighted by Gasteiger charge is 2.38. The topological polar surface area (TPSA) is 43.4 Å². The van der Waals surface area contributed by atoms with Crippen molar-refractivity contribution in [2.24, 2.45) is 5.92 Å². The van der Waals surface area contributed by atoms with Crippen LogP contribution in [-0.4, -0.2) is 18.4 Å². The van der Waals surface area contributed by atoms with Crippen molar-refractivity contribution in [2.45, 2.75) is 18.9 Å². The molecular weight excluding hydrogens is 228 g/mol. The number of rotatable bonds is 4. The van der Waals surface area contributed by atoms with Gasteiger partial charge in [0.1, 0.15) is 6.10 Å². The van der Waals surface area contributed by atoms with Gasteiger partial charge < -0.3 is 4.74 Å². The number of Topliss-reactive ketones (excluding diaryl/α,β-unsaturated/α-hetero) is 1. The molecule has 4 heteroatoms. The first kappa shape index (κ1) is 11.1. The minimum atomic E-state index is -0.249. The summed E-state index contributed by atoms with van der Waals surface area (Å²) in [6, 6.07) is 6.76. The summed E-state index contributed by atoms with van der Waals surface area (Å²) < 4.78 is 4.83. The van der Waals surface area contributed by atoms with Gasteiger partial charge in [0.15, 0.2) is 5.78 Å². The molecule has 1 aromatic carbocycles. The van der Waals surface area contributed by atoms with Gasteiger partial charge in [-0.15, -0.1) is 0 Å². The number of hydrogen-bond acceptors (Lipinski definition) is 3. The Balaban J connectivity index is 2.07. The molecule has 0 spiro atoms. The third-order valence-corrected chi connectivity index (χ3v) is 3.16. The van der Waals surface area contributed by atoms with Crippen LogP contribution in [0.2, 0.25) is 5.02 Å². The van der Waals surface area contributed by atoms with E-state index < -0.39 is 0 Å². The molecule has 1 aromatic rings. The van der Waals surface area contributed by atoms with Crippen LogP contribution in [0.25, 0.3) is 0 Å². The van der Waals surface area contributed by atoms with Crippen LogP contribution in [-0.2, 0) is 9.53 Å². The molecular formula is C12H11ClO3. The quantitative estimate of drug-likeness (QED) is 0.598. The van der Waals surface area contributed by atoms with Crippen LogP contribution in [0.3, 0.4) is 0 Å². The second-order valence-corrected chi connectivity index (χ2v) is 4.26. The van der Waals surface area contributed by atoms with Crippen LogP contribution >= 0.6 is 11.6 Å². The molecule has 1 saturated carbocycles. The van der Waals surface area contributed by atoms with Gasteiger partial charge in [0, 0.05) is 10.6 Å². The summed E-state index contributed by atoms with van der Waals surface area (Å²) in [5.41, 5.74) is 0.619. The van der Waals surface area contributed by atoms with Gasteiger partial charge in [0.25, 0.3) is 6.47 Å². The second kappa shape index (κ2) is 4.66. The van der Waals surface area contributed by atoms with E-state index in [9.17, 15) is 9.59 Å². The molecule has 1 aliphatic carbocycles. The predicted octanol–water partition coefficient (Wildman–Crippen LogP) is 2.47. The smallest absolute Gasteiger partial charge is 0.293 e. The van der Waals surface area contributed by atoms with Gasteiger partial charge >= 0.3 is 0 Å². The van der Waals surface area contributed by atoms with Crippen molar-refractivity contribution in [3.05, 3.63) is 34.9 Å². The fraction of sp³-hybridized carbons (Fsp3) is 0.333. The van der Waals surface area contributed by atoms with Gasteiger partial charge in [-0.1, -0.05) is 11.6 Å². The molecule has 0 N–H and O–H groups in total. The molecule has 0 aliphatic heterocycles. The zero-order chi connectivity index (χ0) is 11.5. The maximum Gasteiger partial charge on any atom is 0.293 e. The van der Waals surface area contributed by atoms with Crippen LogP contribution in [0.4, 0.5) is 0 Å². The minimum Gasteiger partial charge on any atom is -0.464 e. The van der Waals surface area contributed by atoms with Crippen molar-refractivity contribution in [1.29, 1.82) is 0 Å². The number of halogens is 1. The zero-order valence-corrected chi connectivity index (χ0v) is 9.31. The Morgan fingerprint density at radius 2 is 2.00 bits per heavy atom. The van der Waals surface area contributed by atoms with E-state index in [-0.39, 0.29) is 17.8 Å². The Labute approximate surface area is 98.4 Å². The van der Waals surface area contributed by atoms with Gasteiger partial charge in [-0.2, -0.15) is 0 Å². The molecule has 84 valence electrons. The maximum atomic E-state index is 12.0. The molecule has 0 radical (unpaired) electrons. The summed E-state index contributed by atoms with van der Waals surface area (Å²) in [5.74, 6) is -0.166. The van der Waals surface area contributed by atoms with Gasteiger partial charge in [0.2, 0.25) is 0 Å². The third kappa shape index (κ3) is 2.09. The Bertz CT molecular complexity index is 399. The van der Waals surface area contributed by atoms with Gasteiger partial charge in [-0.25, -0.2) is 0 Å². The molecule has 3 nitrogen and oxygen atoms in total. The maximum absolute atomic E-state index is 12.0. The molecule has 0 heterocycles. The first-order valence-corrected chi connectivity index (χ1v) is 5.49. The lowest BCUT2D eigenvalue weighted by atomic mass is 9.77. The Hall–Kier alpha value is -1.35. The largest absolute Gasteiger partial charge is 0.464 e. The molecule has 1 aliphatic rings. The highest BCUT2D eigenvalue weighted by Crippen LogP contribution is 2.33. The lowest BCUT2D eigenvalue weighted by Gasteiger charge is -2.33. The van der Waals surface area contributed by atoms with Crippen molar-refractivity contribution in [2.75, 3.05) is 0 Å². The average molecular weight is 239 g/mol. The van der Waals surface area contributed by atoms with Gasteiger partial charge in [0.05, 0.1) is 5.92 Å². The van der Waals surface area contributed by atoms with Crippen LogP contribution in [0, 0.1) is 5.92 Å². The second-order valence-electron chi connectivity index (χ2n) is 3.83. The van der Waals surface area contributed by atoms with E-state index in [1.165, 1.54) is 0 Å². The molecule has 2 atom stereocenters. The van der Waals surface area contributed by atoms with E-state index in [1.807, 2.05) is 0 Å². The zero-order valence-electron chi connectivity index (χ0n) is 8.56. The van der Waals surface area contributed by atoms with Gasteiger partial charge in [-0.05, 0) is 37.1 Å². The van der Waals surface area contributed by atoms with E-state index in [0.29, 0.717) is 17.1 Å². The summed E-state index contributed by atoms with van der Waals surface area (Å²) in [6.07, 6.45) is 1.29. The molecule has 0 aromatic heterocycles. The standard InChI is InChI=1S/C12H11ClO3/c13-9-3-1-8(2-4-9)12(15)10-5-6-11(10)16-7-14/h1-4,7,10-11H,5-6H2. The highest BCUT2D eigenvalue weighted by molar-refractivity contribution is 6.30. The van der Waals surface area contributed by atoms with Crippen molar-refractivity contribution in [1.82, 2.24) is 0 Å². The Kier molecular flexibility index (Phi) is 3.25. The summed E-state index contributed by atoms with van der Waals surface area (Å²) in [5, 5.41) is 0.603. The molecule has 0 amide bonds. The van der Waals surface area contributed by atoms with E-state index in [1.54, 1.807) is 24.3 Å². The lowest BCUT2D eigenvalue weighted by Crippen LogP contribution is -2.39. The fourth-order valence-electron chi connectivity index (χ4n) is 1.83. The monoisotopic (exact) mass is 238 g/mol. The van der Waals surface area contributed by atoms with Crippen molar-refractivity contribution < 1.29 is 14.3 Å². The number of carbonyl (C=O) groups is 2. The first-order chi connectivity index (χ1) is 7.72. The SMILES string of the molecule is O=COC1CCC1C(=O)c1ccc(Cl)cc1. The normalized spacial score (nSPS) is 23.3. The van der Waals surface area contributed by atoms with Gasteiger partial charge in [-0.3, -0.25) is 9.59 Å². The van der Waals surface area contributed by atoms with Crippen LogP contribution < -0.4 is 0 Å². The molecule has 16 heavy (non-hydrogen) atoms. The summed E-state index contributed by atoms with van der Waals surface area (Å²) in [6.45, 7) is 0.409. The fourth-order valence-corrected chi connectivity index (χ4v) is 1.96. The van der Waals surface area contributed by atoms with Crippen molar-refractivity contribution >= 4 is 23.9 Å².